The van der Waals surface area contributed by atoms with Gasteiger partial charge in [0.1, 0.15) is 12.3 Å². The SMILES string of the molecule is CCNC(=NCc1ccco1)NCCNC(C)=O.I. The number of carbonyl (C=O) groups is 1. The second-order valence-corrected chi connectivity index (χ2v) is 3.68. The lowest BCUT2D eigenvalue weighted by Gasteiger charge is -2.10. The molecule has 1 rings (SSSR count). The first-order valence-electron chi connectivity index (χ1n) is 6.01. The van der Waals surface area contributed by atoms with Crippen LogP contribution in [0.5, 0.6) is 0 Å². The van der Waals surface area contributed by atoms with Crippen LogP contribution in [-0.2, 0) is 11.3 Å². The Balaban J connectivity index is 0.00000324. The quantitative estimate of drug-likeness (QED) is 0.299. The number of furan rings is 1. The molecule has 0 aromatic carbocycles. The van der Waals surface area contributed by atoms with E-state index in [4.69, 9.17) is 4.42 Å². The van der Waals surface area contributed by atoms with E-state index in [0.29, 0.717) is 25.6 Å². The number of guanidine groups is 1. The number of nitrogens with one attached hydrogen (secondary N) is 3. The smallest absolute Gasteiger partial charge is 0.216 e. The first-order chi connectivity index (χ1) is 8.72. The van der Waals surface area contributed by atoms with Crippen molar-refractivity contribution in [3.8, 4) is 0 Å². The van der Waals surface area contributed by atoms with Gasteiger partial charge in [-0.05, 0) is 19.1 Å². The average Bonchev–Trinajstić information content (AvgIpc) is 2.84. The van der Waals surface area contributed by atoms with Gasteiger partial charge >= 0.3 is 0 Å². The van der Waals surface area contributed by atoms with E-state index in [1.54, 1.807) is 6.26 Å². The van der Waals surface area contributed by atoms with Crippen LogP contribution in [0.2, 0.25) is 0 Å². The highest BCUT2D eigenvalue weighted by Crippen LogP contribution is 2.00. The fraction of sp³-hybridized carbons (Fsp3) is 0.500. The first-order valence-corrected chi connectivity index (χ1v) is 6.01. The van der Waals surface area contributed by atoms with Gasteiger partial charge in [0.15, 0.2) is 5.96 Å². The summed E-state index contributed by atoms with van der Waals surface area (Å²) >= 11 is 0. The maximum atomic E-state index is 10.7. The lowest BCUT2D eigenvalue weighted by atomic mass is 10.4. The first kappa shape index (κ1) is 17.8. The van der Waals surface area contributed by atoms with Crippen LogP contribution in [0.4, 0.5) is 0 Å². The normalized spacial score (nSPS) is 10.5. The Kier molecular flexibility index (Phi) is 9.95. The summed E-state index contributed by atoms with van der Waals surface area (Å²) in [5, 5.41) is 8.95. The summed E-state index contributed by atoms with van der Waals surface area (Å²) in [6.45, 7) is 5.96. The van der Waals surface area contributed by atoms with Gasteiger partial charge in [-0.1, -0.05) is 0 Å². The van der Waals surface area contributed by atoms with Crippen LogP contribution in [0.1, 0.15) is 19.6 Å². The van der Waals surface area contributed by atoms with Crippen molar-refractivity contribution >= 4 is 35.8 Å². The molecule has 0 fully saturated rings. The minimum atomic E-state index is -0.0330. The second-order valence-electron chi connectivity index (χ2n) is 3.68. The third-order valence-electron chi connectivity index (χ3n) is 2.11. The third kappa shape index (κ3) is 8.46. The average molecular weight is 380 g/mol. The summed E-state index contributed by atoms with van der Waals surface area (Å²) in [6, 6.07) is 3.71. The molecular formula is C12H21IN4O2. The van der Waals surface area contributed by atoms with Crippen molar-refractivity contribution in [3.63, 3.8) is 0 Å². The minimum Gasteiger partial charge on any atom is -0.467 e. The molecule has 3 N–H and O–H groups in total. The summed E-state index contributed by atoms with van der Waals surface area (Å²) < 4.78 is 5.20. The maximum Gasteiger partial charge on any atom is 0.216 e. The van der Waals surface area contributed by atoms with Gasteiger partial charge in [0, 0.05) is 26.6 Å². The zero-order valence-corrected chi connectivity index (χ0v) is 13.6. The molecule has 0 spiro atoms. The predicted molar refractivity (Wildman–Crippen MR) is 85.6 cm³/mol. The molecular weight excluding hydrogens is 359 g/mol. The monoisotopic (exact) mass is 380 g/mol. The predicted octanol–water partition coefficient (Wildman–Crippen LogP) is 1.09. The van der Waals surface area contributed by atoms with Crippen LogP contribution in [0.15, 0.2) is 27.8 Å². The number of halogens is 1. The molecule has 1 aromatic heterocycles. The molecule has 1 heterocycles. The Labute approximate surface area is 130 Å². The molecule has 0 bridgehead atoms. The standard InChI is InChI=1S/C12H20N4O2.HI/c1-3-13-12(15-7-6-14-10(2)17)16-9-11-5-4-8-18-11;/h4-5,8H,3,6-7,9H2,1-2H3,(H,14,17)(H2,13,15,16);1H. The lowest BCUT2D eigenvalue weighted by molar-refractivity contribution is -0.118. The summed E-state index contributed by atoms with van der Waals surface area (Å²) in [6.07, 6.45) is 1.63. The van der Waals surface area contributed by atoms with Crippen molar-refractivity contribution in [1.29, 1.82) is 0 Å². The van der Waals surface area contributed by atoms with Crippen LogP contribution in [-0.4, -0.2) is 31.5 Å². The Hall–Kier alpha value is -1.25. The highest BCUT2D eigenvalue weighted by Gasteiger charge is 1.98. The van der Waals surface area contributed by atoms with E-state index in [-0.39, 0.29) is 29.9 Å². The maximum absolute atomic E-state index is 10.7. The number of hydrogen-bond donors (Lipinski definition) is 3. The largest absolute Gasteiger partial charge is 0.467 e. The number of rotatable bonds is 6. The number of amides is 1. The molecule has 0 aliphatic carbocycles. The second kappa shape index (κ2) is 10.7. The van der Waals surface area contributed by atoms with Gasteiger partial charge in [0.25, 0.3) is 0 Å². The molecule has 7 heteroatoms. The number of carbonyl (C=O) groups excluding carboxylic acids is 1. The van der Waals surface area contributed by atoms with Crippen molar-refractivity contribution in [2.24, 2.45) is 4.99 Å². The highest BCUT2D eigenvalue weighted by atomic mass is 127. The molecule has 0 radical (unpaired) electrons. The van der Waals surface area contributed by atoms with Gasteiger partial charge in [0.2, 0.25) is 5.91 Å². The topological polar surface area (TPSA) is 78.7 Å². The van der Waals surface area contributed by atoms with Crippen molar-refractivity contribution in [2.75, 3.05) is 19.6 Å². The minimum absolute atomic E-state index is 0. The zero-order chi connectivity index (χ0) is 13.2. The van der Waals surface area contributed by atoms with E-state index < -0.39 is 0 Å². The van der Waals surface area contributed by atoms with Gasteiger partial charge < -0.3 is 20.4 Å². The fourth-order valence-electron chi connectivity index (χ4n) is 1.32. The molecule has 0 atom stereocenters. The molecule has 0 saturated heterocycles. The van der Waals surface area contributed by atoms with E-state index in [2.05, 4.69) is 20.9 Å². The molecule has 108 valence electrons. The third-order valence-corrected chi connectivity index (χ3v) is 2.11. The summed E-state index contributed by atoms with van der Waals surface area (Å²) in [5.74, 6) is 1.49. The van der Waals surface area contributed by atoms with E-state index in [0.717, 1.165) is 12.3 Å². The Morgan fingerprint density at radius 1 is 1.32 bits per heavy atom. The summed E-state index contributed by atoms with van der Waals surface area (Å²) in [4.78, 5) is 15.1. The zero-order valence-electron chi connectivity index (χ0n) is 11.2. The molecule has 6 nitrogen and oxygen atoms in total. The number of aliphatic imine (C=N–C) groups is 1. The molecule has 0 unspecified atom stereocenters. The van der Waals surface area contributed by atoms with Crippen molar-refractivity contribution in [2.45, 2.75) is 20.4 Å². The van der Waals surface area contributed by atoms with Crippen LogP contribution in [0, 0.1) is 0 Å². The van der Waals surface area contributed by atoms with E-state index in [1.807, 2.05) is 19.1 Å². The van der Waals surface area contributed by atoms with Gasteiger partial charge in [-0.25, -0.2) is 4.99 Å². The van der Waals surface area contributed by atoms with Crippen molar-refractivity contribution in [3.05, 3.63) is 24.2 Å². The molecule has 1 amide bonds. The molecule has 0 aliphatic heterocycles. The van der Waals surface area contributed by atoms with Gasteiger partial charge in [0.05, 0.1) is 6.26 Å². The Bertz CT molecular complexity index is 379. The Morgan fingerprint density at radius 2 is 2.05 bits per heavy atom. The molecule has 0 saturated carbocycles. The molecule has 0 aliphatic rings. The van der Waals surface area contributed by atoms with E-state index in [1.165, 1.54) is 6.92 Å². The number of hydrogen-bond acceptors (Lipinski definition) is 3. The van der Waals surface area contributed by atoms with Crippen LogP contribution in [0.3, 0.4) is 0 Å². The van der Waals surface area contributed by atoms with Crippen molar-refractivity contribution < 1.29 is 9.21 Å². The summed E-state index contributed by atoms with van der Waals surface area (Å²) in [7, 11) is 0. The fourth-order valence-corrected chi connectivity index (χ4v) is 1.32. The molecule has 19 heavy (non-hydrogen) atoms. The van der Waals surface area contributed by atoms with Gasteiger partial charge in [-0.3, -0.25) is 4.79 Å². The van der Waals surface area contributed by atoms with Gasteiger partial charge in [-0.15, -0.1) is 24.0 Å². The van der Waals surface area contributed by atoms with Crippen molar-refractivity contribution in [1.82, 2.24) is 16.0 Å². The number of nitrogens with zero attached hydrogens (tertiary/aromatic N) is 1. The highest BCUT2D eigenvalue weighted by molar-refractivity contribution is 14.0. The molecule has 1 aromatic rings. The van der Waals surface area contributed by atoms with Crippen LogP contribution < -0.4 is 16.0 Å². The van der Waals surface area contributed by atoms with Gasteiger partial charge in [-0.2, -0.15) is 0 Å². The lowest BCUT2D eigenvalue weighted by Crippen LogP contribution is -2.41. The van der Waals surface area contributed by atoms with E-state index in [9.17, 15) is 4.79 Å². The van der Waals surface area contributed by atoms with E-state index >= 15 is 0 Å². The Morgan fingerprint density at radius 3 is 2.63 bits per heavy atom. The summed E-state index contributed by atoms with van der Waals surface area (Å²) in [5.41, 5.74) is 0. The van der Waals surface area contributed by atoms with Crippen LogP contribution in [0.25, 0.3) is 0 Å². The van der Waals surface area contributed by atoms with Crippen LogP contribution >= 0.6 is 24.0 Å².